The fraction of sp³-hybridized carbons (Fsp3) is 0.500. The standard InChI is InChI=1S/C14H24N2/c1-7-8-9-14(10-15)13(6)16(11(2)3)12(4)5/h7-12,15H,1H2,2-6H3/b9-8-,14-13-,15-10?. The van der Waals surface area contributed by atoms with Gasteiger partial charge >= 0.3 is 0 Å². The lowest BCUT2D eigenvalue weighted by Gasteiger charge is -2.34. The number of hydrogen-bond acceptors (Lipinski definition) is 2. The van der Waals surface area contributed by atoms with Crippen LogP contribution in [0.4, 0.5) is 0 Å². The summed E-state index contributed by atoms with van der Waals surface area (Å²) in [4.78, 5) is 2.31. The Morgan fingerprint density at radius 2 is 1.69 bits per heavy atom. The van der Waals surface area contributed by atoms with Crippen molar-refractivity contribution in [3.63, 3.8) is 0 Å². The molecule has 0 saturated heterocycles. The Labute approximate surface area is 99.9 Å². The predicted molar refractivity (Wildman–Crippen MR) is 72.9 cm³/mol. The zero-order valence-electron chi connectivity index (χ0n) is 11.1. The summed E-state index contributed by atoms with van der Waals surface area (Å²) in [7, 11) is 0. The van der Waals surface area contributed by atoms with Crippen molar-refractivity contribution in [1.29, 1.82) is 5.41 Å². The second kappa shape index (κ2) is 7.04. The molecular weight excluding hydrogens is 196 g/mol. The smallest absolute Gasteiger partial charge is 0.0267 e. The van der Waals surface area contributed by atoms with Gasteiger partial charge in [0.25, 0.3) is 0 Å². The van der Waals surface area contributed by atoms with E-state index in [1.807, 2.05) is 12.2 Å². The van der Waals surface area contributed by atoms with Gasteiger partial charge in [0, 0.05) is 29.6 Å². The molecule has 0 aliphatic carbocycles. The minimum absolute atomic E-state index is 0.437. The molecule has 2 heteroatoms. The van der Waals surface area contributed by atoms with Gasteiger partial charge in [0.05, 0.1) is 0 Å². The van der Waals surface area contributed by atoms with Crippen molar-refractivity contribution in [2.75, 3.05) is 0 Å². The lowest BCUT2D eigenvalue weighted by atomic mass is 10.1. The maximum Gasteiger partial charge on any atom is 0.0267 e. The molecule has 0 atom stereocenters. The highest BCUT2D eigenvalue weighted by Gasteiger charge is 2.15. The third kappa shape index (κ3) is 4.05. The Balaban J connectivity index is 5.26. The van der Waals surface area contributed by atoms with Crippen LogP contribution < -0.4 is 0 Å². The second-order valence-corrected chi connectivity index (χ2v) is 4.37. The third-order valence-electron chi connectivity index (χ3n) is 2.49. The summed E-state index contributed by atoms with van der Waals surface area (Å²) in [5.74, 6) is 0. The van der Waals surface area contributed by atoms with Crippen LogP contribution in [0.1, 0.15) is 34.6 Å². The third-order valence-corrected chi connectivity index (χ3v) is 2.49. The molecule has 0 aromatic heterocycles. The number of allylic oxidation sites excluding steroid dienone is 5. The van der Waals surface area contributed by atoms with Crippen LogP contribution in [0, 0.1) is 5.41 Å². The van der Waals surface area contributed by atoms with Crippen LogP contribution in [0.15, 0.2) is 36.1 Å². The number of nitrogens with one attached hydrogen (secondary N) is 1. The van der Waals surface area contributed by atoms with E-state index in [2.05, 4.69) is 46.1 Å². The molecule has 1 N–H and O–H groups in total. The zero-order chi connectivity index (χ0) is 12.7. The molecule has 0 fully saturated rings. The van der Waals surface area contributed by atoms with Crippen LogP contribution in [0.2, 0.25) is 0 Å². The van der Waals surface area contributed by atoms with Crippen LogP contribution in [-0.4, -0.2) is 23.2 Å². The average Bonchev–Trinajstić information content (AvgIpc) is 2.17. The van der Waals surface area contributed by atoms with Gasteiger partial charge in [-0.2, -0.15) is 0 Å². The molecule has 0 aliphatic heterocycles. The molecule has 0 aromatic carbocycles. The van der Waals surface area contributed by atoms with E-state index in [-0.39, 0.29) is 0 Å². The number of rotatable bonds is 6. The van der Waals surface area contributed by atoms with Crippen molar-refractivity contribution >= 4 is 6.21 Å². The minimum Gasteiger partial charge on any atom is -0.370 e. The Hall–Kier alpha value is -1.31. The van der Waals surface area contributed by atoms with E-state index in [0.29, 0.717) is 12.1 Å². The number of nitrogens with zero attached hydrogens (tertiary/aromatic N) is 1. The summed E-state index contributed by atoms with van der Waals surface area (Å²) in [5, 5.41) is 7.45. The van der Waals surface area contributed by atoms with E-state index in [9.17, 15) is 0 Å². The highest BCUT2D eigenvalue weighted by molar-refractivity contribution is 5.80. The largest absolute Gasteiger partial charge is 0.370 e. The molecule has 2 nitrogen and oxygen atoms in total. The maximum atomic E-state index is 7.45. The van der Waals surface area contributed by atoms with Gasteiger partial charge in [-0.15, -0.1) is 0 Å². The highest BCUT2D eigenvalue weighted by atomic mass is 15.2. The maximum absolute atomic E-state index is 7.45. The van der Waals surface area contributed by atoms with Crippen LogP contribution in [-0.2, 0) is 0 Å². The quantitative estimate of drug-likeness (QED) is 0.535. The summed E-state index contributed by atoms with van der Waals surface area (Å²) in [6.45, 7) is 14.4. The topological polar surface area (TPSA) is 27.1 Å². The van der Waals surface area contributed by atoms with Crippen LogP contribution in [0.25, 0.3) is 0 Å². The first-order valence-corrected chi connectivity index (χ1v) is 5.74. The molecule has 0 radical (unpaired) electrons. The van der Waals surface area contributed by atoms with E-state index in [1.54, 1.807) is 6.08 Å². The molecule has 0 rings (SSSR count). The van der Waals surface area contributed by atoms with Crippen molar-refractivity contribution in [1.82, 2.24) is 4.90 Å². The molecule has 16 heavy (non-hydrogen) atoms. The summed E-state index contributed by atoms with van der Waals surface area (Å²) in [5.41, 5.74) is 2.07. The second-order valence-electron chi connectivity index (χ2n) is 4.37. The Morgan fingerprint density at radius 3 is 2.00 bits per heavy atom. The summed E-state index contributed by atoms with van der Waals surface area (Å²) < 4.78 is 0. The summed E-state index contributed by atoms with van der Waals surface area (Å²) >= 11 is 0. The van der Waals surface area contributed by atoms with Gasteiger partial charge < -0.3 is 10.3 Å². The van der Waals surface area contributed by atoms with Gasteiger partial charge in [-0.3, -0.25) is 0 Å². The van der Waals surface area contributed by atoms with Gasteiger partial charge in [0.15, 0.2) is 0 Å². The van der Waals surface area contributed by atoms with E-state index >= 15 is 0 Å². The fourth-order valence-corrected chi connectivity index (χ4v) is 1.96. The zero-order valence-corrected chi connectivity index (χ0v) is 11.1. The van der Waals surface area contributed by atoms with Crippen molar-refractivity contribution in [2.24, 2.45) is 0 Å². The van der Waals surface area contributed by atoms with Crippen molar-refractivity contribution in [3.05, 3.63) is 36.1 Å². The fourth-order valence-electron chi connectivity index (χ4n) is 1.96. The molecule has 0 amide bonds. The van der Waals surface area contributed by atoms with Crippen molar-refractivity contribution in [3.8, 4) is 0 Å². The summed E-state index contributed by atoms with van der Waals surface area (Å²) in [6.07, 6.45) is 6.91. The van der Waals surface area contributed by atoms with Gasteiger partial charge in [-0.1, -0.05) is 24.8 Å². The average molecular weight is 220 g/mol. The van der Waals surface area contributed by atoms with E-state index in [1.165, 1.54) is 6.21 Å². The minimum atomic E-state index is 0.437. The Bertz CT molecular complexity index is 288. The molecule has 0 spiro atoms. The summed E-state index contributed by atoms with van der Waals surface area (Å²) in [6, 6.07) is 0.874. The molecule has 0 unspecified atom stereocenters. The molecule has 0 bridgehead atoms. The van der Waals surface area contributed by atoms with Gasteiger partial charge in [0.1, 0.15) is 0 Å². The Kier molecular flexibility index (Phi) is 6.47. The van der Waals surface area contributed by atoms with Gasteiger partial charge in [-0.05, 0) is 34.6 Å². The first-order valence-electron chi connectivity index (χ1n) is 5.74. The van der Waals surface area contributed by atoms with E-state index in [0.717, 1.165) is 11.3 Å². The van der Waals surface area contributed by atoms with Crippen LogP contribution >= 0.6 is 0 Å². The van der Waals surface area contributed by atoms with Gasteiger partial charge in [0.2, 0.25) is 0 Å². The predicted octanol–water partition coefficient (Wildman–Crippen LogP) is 3.77. The first-order chi connectivity index (χ1) is 7.45. The first kappa shape index (κ1) is 14.7. The SMILES string of the molecule is C=C/C=C\C(C=N)=C(/C)N(C(C)C)C(C)C. The van der Waals surface area contributed by atoms with Crippen LogP contribution in [0.5, 0.6) is 0 Å². The molecule has 0 aliphatic rings. The monoisotopic (exact) mass is 220 g/mol. The molecule has 0 saturated carbocycles. The van der Waals surface area contributed by atoms with Crippen molar-refractivity contribution < 1.29 is 0 Å². The molecule has 0 heterocycles. The van der Waals surface area contributed by atoms with Crippen LogP contribution in [0.3, 0.4) is 0 Å². The normalized spacial score (nSPS) is 13.2. The van der Waals surface area contributed by atoms with E-state index in [4.69, 9.17) is 5.41 Å². The highest BCUT2D eigenvalue weighted by Crippen LogP contribution is 2.17. The lowest BCUT2D eigenvalue weighted by molar-refractivity contribution is 0.231. The van der Waals surface area contributed by atoms with Crippen molar-refractivity contribution in [2.45, 2.75) is 46.7 Å². The molecular formula is C14H24N2. The number of hydrogen-bond donors (Lipinski definition) is 1. The Morgan fingerprint density at radius 1 is 1.19 bits per heavy atom. The van der Waals surface area contributed by atoms with E-state index < -0.39 is 0 Å². The lowest BCUT2D eigenvalue weighted by Crippen LogP contribution is -2.36. The molecule has 0 aromatic rings. The molecule has 90 valence electrons. The van der Waals surface area contributed by atoms with Gasteiger partial charge in [-0.25, -0.2) is 0 Å².